The van der Waals surface area contributed by atoms with Crippen molar-refractivity contribution in [3.8, 4) is 6.07 Å². The Hall–Kier alpha value is -1.53. The number of nitriles is 1. The number of hydrogen-bond donors (Lipinski definition) is 1. The molecule has 0 aliphatic carbocycles. The molecular formula is C9H6ClNO2. The van der Waals surface area contributed by atoms with E-state index in [1.807, 2.05) is 6.07 Å². The number of benzene rings is 1. The summed E-state index contributed by atoms with van der Waals surface area (Å²) in [4.78, 5) is 10.6. The predicted octanol–water partition coefficient (Wildman–Crippen LogP) is 2.22. The normalized spacial score (nSPS) is 9.31. The highest BCUT2D eigenvalue weighted by Crippen LogP contribution is 2.21. The van der Waals surface area contributed by atoms with Crippen LogP contribution in [-0.4, -0.2) is 11.1 Å². The third-order valence-corrected chi connectivity index (χ3v) is 1.94. The van der Waals surface area contributed by atoms with Crippen molar-refractivity contribution in [2.24, 2.45) is 0 Å². The van der Waals surface area contributed by atoms with Crippen molar-refractivity contribution in [3.05, 3.63) is 33.8 Å². The van der Waals surface area contributed by atoms with Crippen molar-refractivity contribution in [2.75, 3.05) is 0 Å². The SMILES string of the molecule is Cc1cc(C(=O)O)cc(Cl)c1C#N. The van der Waals surface area contributed by atoms with Crippen LogP contribution < -0.4 is 0 Å². The van der Waals surface area contributed by atoms with E-state index in [-0.39, 0.29) is 10.6 Å². The van der Waals surface area contributed by atoms with Gasteiger partial charge in [0.15, 0.2) is 0 Å². The molecule has 0 spiro atoms. The zero-order valence-corrected chi connectivity index (χ0v) is 7.59. The van der Waals surface area contributed by atoms with E-state index in [0.29, 0.717) is 11.1 Å². The molecule has 0 amide bonds. The van der Waals surface area contributed by atoms with Crippen LogP contribution in [0, 0.1) is 18.3 Å². The Morgan fingerprint density at radius 3 is 2.62 bits per heavy atom. The Morgan fingerprint density at radius 1 is 1.62 bits per heavy atom. The van der Waals surface area contributed by atoms with E-state index in [9.17, 15) is 4.79 Å². The van der Waals surface area contributed by atoms with Crippen LogP contribution in [0.3, 0.4) is 0 Å². The Bertz CT molecular complexity index is 384. The number of rotatable bonds is 1. The van der Waals surface area contributed by atoms with E-state index in [0.717, 1.165) is 0 Å². The Balaban J connectivity index is 3.39. The highest BCUT2D eigenvalue weighted by atomic mass is 35.5. The van der Waals surface area contributed by atoms with Gasteiger partial charge in [0.2, 0.25) is 0 Å². The molecule has 0 aromatic heterocycles. The molecule has 0 unspecified atom stereocenters. The molecule has 66 valence electrons. The molecule has 0 atom stereocenters. The van der Waals surface area contributed by atoms with Crippen LogP contribution in [0.5, 0.6) is 0 Å². The van der Waals surface area contributed by atoms with E-state index in [1.165, 1.54) is 12.1 Å². The first-order valence-electron chi connectivity index (χ1n) is 3.50. The first-order chi connectivity index (χ1) is 6.06. The summed E-state index contributed by atoms with van der Waals surface area (Å²) < 4.78 is 0. The Morgan fingerprint density at radius 2 is 2.23 bits per heavy atom. The fourth-order valence-electron chi connectivity index (χ4n) is 1.01. The number of aryl methyl sites for hydroxylation is 1. The van der Waals surface area contributed by atoms with Gasteiger partial charge in [0.1, 0.15) is 6.07 Å². The van der Waals surface area contributed by atoms with E-state index >= 15 is 0 Å². The van der Waals surface area contributed by atoms with Crippen LogP contribution in [0.15, 0.2) is 12.1 Å². The van der Waals surface area contributed by atoms with Crippen molar-refractivity contribution in [1.82, 2.24) is 0 Å². The molecule has 0 fully saturated rings. The number of carbonyl (C=O) groups is 1. The summed E-state index contributed by atoms with van der Waals surface area (Å²) in [6.45, 7) is 1.65. The maximum absolute atomic E-state index is 10.6. The van der Waals surface area contributed by atoms with Crippen LogP contribution in [0.2, 0.25) is 5.02 Å². The van der Waals surface area contributed by atoms with E-state index in [4.69, 9.17) is 22.0 Å². The fourth-order valence-corrected chi connectivity index (χ4v) is 1.32. The lowest BCUT2D eigenvalue weighted by Crippen LogP contribution is -1.98. The zero-order chi connectivity index (χ0) is 10.0. The lowest BCUT2D eigenvalue weighted by atomic mass is 10.1. The molecule has 0 saturated heterocycles. The summed E-state index contributed by atoms with van der Waals surface area (Å²) >= 11 is 5.69. The van der Waals surface area contributed by atoms with Gasteiger partial charge in [-0.05, 0) is 24.6 Å². The van der Waals surface area contributed by atoms with Crippen molar-refractivity contribution in [2.45, 2.75) is 6.92 Å². The van der Waals surface area contributed by atoms with E-state index < -0.39 is 5.97 Å². The quantitative estimate of drug-likeness (QED) is 0.748. The van der Waals surface area contributed by atoms with Gasteiger partial charge in [-0.25, -0.2) is 4.79 Å². The van der Waals surface area contributed by atoms with E-state index in [2.05, 4.69) is 0 Å². The second-order valence-electron chi connectivity index (χ2n) is 2.57. The fraction of sp³-hybridized carbons (Fsp3) is 0.111. The van der Waals surface area contributed by atoms with Crippen LogP contribution in [0.4, 0.5) is 0 Å². The average Bonchev–Trinajstić information content (AvgIpc) is 2.03. The van der Waals surface area contributed by atoms with Gasteiger partial charge in [0, 0.05) is 0 Å². The van der Waals surface area contributed by atoms with Crippen molar-refractivity contribution >= 4 is 17.6 Å². The highest BCUT2D eigenvalue weighted by Gasteiger charge is 2.09. The summed E-state index contributed by atoms with van der Waals surface area (Å²) in [5.74, 6) is -1.05. The number of halogens is 1. The van der Waals surface area contributed by atoms with Crippen LogP contribution in [-0.2, 0) is 0 Å². The molecule has 3 nitrogen and oxygen atoms in total. The summed E-state index contributed by atoms with van der Waals surface area (Å²) in [6, 6.07) is 4.60. The number of nitrogens with zero attached hydrogens (tertiary/aromatic N) is 1. The topological polar surface area (TPSA) is 61.1 Å². The summed E-state index contributed by atoms with van der Waals surface area (Å²) in [7, 11) is 0. The predicted molar refractivity (Wildman–Crippen MR) is 47.9 cm³/mol. The molecule has 0 radical (unpaired) electrons. The Kier molecular flexibility index (Phi) is 2.54. The van der Waals surface area contributed by atoms with Crippen LogP contribution >= 0.6 is 11.6 Å². The minimum atomic E-state index is -1.05. The van der Waals surface area contributed by atoms with Gasteiger partial charge in [0.05, 0.1) is 16.1 Å². The molecule has 0 aliphatic heterocycles. The molecule has 4 heteroatoms. The van der Waals surface area contributed by atoms with Gasteiger partial charge >= 0.3 is 5.97 Å². The highest BCUT2D eigenvalue weighted by molar-refractivity contribution is 6.32. The maximum Gasteiger partial charge on any atom is 0.335 e. The Labute approximate surface area is 80.2 Å². The minimum absolute atomic E-state index is 0.0986. The van der Waals surface area contributed by atoms with Crippen molar-refractivity contribution in [3.63, 3.8) is 0 Å². The van der Waals surface area contributed by atoms with Crippen LogP contribution in [0.25, 0.3) is 0 Å². The van der Waals surface area contributed by atoms with Gasteiger partial charge in [0.25, 0.3) is 0 Å². The molecule has 0 heterocycles. The van der Waals surface area contributed by atoms with Gasteiger partial charge in [-0.1, -0.05) is 11.6 Å². The summed E-state index contributed by atoms with van der Waals surface area (Å²) in [5.41, 5.74) is 1.00. The van der Waals surface area contributed by atoms with Crippen molar-refractivity contribution in [1.29, 1.82) is 5.26 Å². The zero-order valence-electron chi connectivity index (χ0n) is 6.84. The number of carboxylic acid groups (broad SMARTS) is 1. The van der Waals surface area contributed by atoms with Gasteiger partial charge in [-0.2, -0.15) is 5.26 Å². The number of hydrogen-bond acceptors (Lipinski definition) is 2. The first-order valence-corrected chi connectivity index (χ1v) is 3.87. The molecule has 1 N–H and O–H groups in total. The second-order valence-corrected chi connectivity index (χ2v) is 2.97. The second kappa shape index (κ2) is 3.46. The maximum atomic E-state index is 10.6. The molecule has 0 bridgehead atoms. The van der Waals surface area contributed by atoms with Gasteiger partial charge in [-0.3, -0.25) is 0 Å². The third-order valence-electron chi connectivity index (χ3n) is 1.65. The molecule has 13 heavy (non-hydrogen) atoms. The largest absolute Gasteiger partial charge is 0.478 e. The lowest BCUT2D eigenvalue weighted by Gasteiger charge is -2.01. The lowest BCUT2D eigenvalue weighted by molar-refractivity contribution is 0.0697. The van der Waals surface area contributed by atoms with Gasteiger partial charge in [-0.15, -0.1) is 0 Å². The smallest absolute Gasteiger partial charge is 0.335 e. The average molecular weight is 196 g/mol. The first kappa shape index (κ1) is 9.56. The summed E-state index contributed by atoms with van der Waals surface area (Å²) in [6.07, 6.45) is 0. The molecular weight excluding hydrogens is 190 g/mol. The number of carboxylic acids is 1. The number of aromatic carboxylic acids is 1. The minimum Gasteiger partial charge on any atom is -0.478 e. The molecule has 0 saturated carbocycles. The molecule has 1 aromatic rings. The molecule has 1 aromatic carbocycles. The van der Waals surface area contributed by atoms with E-state index in [1.54, 1.807) is 6.92 Å². The molecule has 0 aliphatic rings. The van der Waals surface area contributed by atoms with Crippen molar-refractivity contribution < 1.29 is 9.90 Å². The standard InChI is InChI=1S/C9H6ClNO2/c1-5-2-6(9(12)13)3-8(10)7(5)4-11/h2-3H,1H3,(H,12,13). The third kappa shape index (κ3) is 1.79. The summed E-state index contributed by atoms with van der Waals surface area (Å²) in [5, 5.41) is 17.5. The van der Waals surface area contributed by atoms with Crippen LogP contribution in [0.1, 0.15) is 21.5 Å². The van der Waals surface area contributed by atoms with Gasteiger partial charge < -0.3 is 5.11 Å². The molecule has 1 rings (SSSR count). The monoisotopic (exact) mass is 195 g/mol.